The van der Waals surface area contributed by atoms with Crippen LogP contribution in [0.5, 0.6) is 0 Å². The van der Waals surface area contributed by atoms with E-state index in [4.69, 9.17) is 52.1 Å². The molecular formula is C20H40O11. The average Bonchev–Trinajstić information content (AvgIpc) is 2.80. The topological polar surface area (TPSA) is 102 Å². The van der Waals surface area contributed by atoms with Gasteiger partial charge in [0.25, 0.3) is 0 Å². The fourth-order valence-electron chi connectivity index (χ4n) is 3.86. The van der Waals surface area contributed by atoms with Gasteiger partial charge >= 0.3 is 0 Å². The quantitative estimate of drug-likeness (QED) is 0.295. The molecule has 0 amide bonds. The summed E-state index contributed by atoms with van der Waals surface area (Å²) in [6.07, 6.45) is -4.80. The molecule has 0 aliphatic carbocycles. The minimum absolute atomic E-state index is 0.118. The Hall–Kier alpha value is -0.440. The molecule has 11 nitrogen and oxygen atoms in total. The van der Waals surface area contributed by atoms with Gasteiger partial charge in [-0.05, 0) is 0 Å². The predicted molar refractivity (Wildman–Crippen MR) is 109 cm³/mol. The van der Waals surface area contributed by atoms with E-state index in [0.29, 0.717) is 6.61 Å². The molecular weight excluding hydrogens is 416 g/mol. The first-order chi connectivity index (χ1) is 15.0. The van der Waals surface area contributed by atoms with Gasteiger partial charge in [-0.25, -0.2) is 0 Å². The predicted octanol–water partition coefficient (Wildman–Crippen LogP) is 0.0832. The zero-order chi connectivity index (χ0) is 23.4. The Balaban J connectivity index is 2.98. The lowest BCUT2D eigenvalue weighted by Crippen LogP contribution is -2.61. The molecule has 0 bridgehead atoms. The Morgan fingerprint density at radius 2 is 1.23 bits per heavy atom. The van der Waals surface area contributed by atoms with Crippen molar-refractivity contribution >= 4 is 0 Å². The summed E-state index contributed by atoms with van der Waals surface area (Å²) in [4.78, 5) is 0. The third-order valence-electron chi connectivity index (χ3n) is 5.43. The van der Waals surface area contributed by atoms with Crippen molar-refractivity contribution < 1.29 is 52.1 Å². The molecule has 31 heavy (non-hydrogen) atoms. The highest BCUT2D eigenvalue weighted by Crippen LogP contribution is 2.28. The van der Waals surface area contributed by atoms with E-state index < -0.39 is 49.2 Å². The van der Waals surface area contributed by atoms with Gasteiger partial charge in [-0.1, -0.05) is 0 Å². The van der Waals surface area contributed by atoms with Crippen LogP contribution in [0.2, 0.25) is 0 Å². The molecule has 1 aliphatic heterocycles. The van der Waals surface area contributed by atoms with Gasteiger partial charge in [0.1, 0.15) is 42.7 Å². The molecule has 0 spiro atoms. The molecule has 1 rings (SSSR count). The minimum atomic E-state index is -0.752. The van der Waals surface area contributed by atoms with Gasteiger partial charge in [-0.2, -0.15) is 0 Å². The molecule has 1 fully saturated rings. The molecule has 186 valence electrons. The molecule has 0 aromatic heterocycles. The Morgan fingerprint density at radius 3 is 1.65 bits per heavy atom. The maximum Gasteiger partial charge on any atom is 0.187 e. The van der Waals surface area contributed by atoms with Crippen molar-refractivity contribution in [3.63, 3.8) is 0 Å². The van der Waals surface area contributed by atoms with Crippen LogP contribution in [-0.4, -0.2) is 133 Å². The molecule has 0 radical (unpaired) electrons. The second-order valence-electron chi connectivity index (χ2n) is 6.95. The molecule has 0 N–H and O–H groups in total. The fraction of sp³-hybridized carbons (Fsp3) is 1.00. The lowest BCUT2D eigenvalue weighted by Gasteiger charge is -2.44. The zero-order valence-electron chi connectivity index (χ0n) is 20.1. The normalized spacial score (nSPS) is 29.8. The summed E-state index contributed by atoms with van der Waals surface area (Å²) < 4.78 is 61.8. The van der Waals surface area contributed by atoms with Gasteiger partial charge in [-0.15, -0.1) is 0 Å². The van der Waals surface area contributed by atoms with Crippen LogP contribution < -0.4 is 0 Å². The van der Waals surface area contributed by atoms with E-state index in [-0.39, 0.29) is 12.7 Å². The van der Waals surface area contributed by atoms with E-state index in [1.807, 2.05) is 0 Å². The summed E-state index contributed by atoms with van der Waals surface area (Å²) >= 11 is 0. The molecule has 0 aromatic carbocycles. The van der Waals surface area contributed by atoms with Crippen molar-refractivity contribution in [3.05, 3.63) is 0 Å². The van der Waals surface area contributed by atoms with Crippen molar-refractivity contribution in [3.8, 4) is 0 Å². The molecule has 11 heteroatoms. The van der Waals surface area contributed by atoms with Crippen molar-refractivity contribution in [2.75, 3.05) is 77.2 Å². The first kappa shape index (κ1) is 28.6. The Bertz CT molecular complexity index is 451. The van der Waals surface area contributed by atoms with Gasteiger partial charge < -0.3 is 52.1 Å². The van der Waals surface area contributed by atoms with Crippen LogP contribution in [0.4, 0.5) is 0 Å². The molecule has 1 saturated heterocycles. The number of hydrogen-bond acceptors (Lipinski definition) is 11. The van der Waals surface area contributed by atoms with E-state index in [2.05, 4.69) is 0 Å². The standard InChI is InChI=1S/C20H40O11/c1-21-10-13-15(24-4)16(25-5)18(27-7)20(31-13)30-11-12(22-2)14(23-3)17(26-6)19(28-8)29-9/h12-20H,10-11H2,1-9H3/t12-,13-,14-,15-,16+,17+,18-,20+/m1/s1. The molecule has 0 unspecified atom stereocenters. The lowest BCUT2D eigenvalue weighted by atomic mass is 9.98. The second-order valence-corrected chi connectivity index (χ2v) is 6.95. The smallest absolute Gasteiger partial charge is 0.187 e. The van der Waals surface area contributed by atoms with E-state index in [9.17, 15) is 0 Å². The van der Waals surface area contributed by atoms with Crippen molar-refractivity contribution in [1.29, 1.82) is 0 Å². The van der Waals surface area contributed by atoms with Gasteiger partial charge in [0.05, 0.1) is 13.2 Å². The average molecular weight is 457 g/mol. The number of rotatable bonds is 16. The number of methoxy groups -OCH3 is 9. The van der Waals surface area contributed by atoms with Crippen molar-refractivity contribution in [2.24, 2.45) is 0 Å². The van der Waals surface area contributed by atoms with E-state index in [1.54, 1.807) is 49.8 Å². The summed E-state index contributed by atoms with van der Waals surface area (Å²) in [6, 6.07) is 0. The van der Waals surface area contributed by atoms with Crippen LogP contribution in [0.15, 0.2) is 0 Å². The van der Waals surface area contributed by atoms with Crippen LogP contribution in [0, 0.1) is 0 Å². The zero-order valence-corrected chi connectivity index (χ0v) is 20.1. The fourth-order valence-corrected chi connectivity index (χ4v) is 3.86. The van der Waals surface area contributed by atoms with Crippen LogP contribution in [-0.2, 0) is 52.1 Å². The Labute approximate surface area is 185 Å². The summed E-state index contributed by atoms with van der Waals surface area (Å²) in [5.41, 5.74) is 0. The molecule has 0 saturated carbocycles. The highest BCUT2D eigenvalue weighted by Gasteiger charge is 2.48. The van der Waals surface area contributed by atoms with Crippen LogP contribution >= 0.6 is 0 Å². The third kappa shape index (κ3) is 7.27. The first-order valence-electron chi connectivity index (χ1n) is 9.99. The van der Waals surface area contributed by atoms with E-state index in [1.165, 1.54) is 14.2 Å². The van der Waals surface area contributed by atoms with E-state index >= 15 is 0 Å². The van der Waals surface area contributed by atoms with Crippen molar-refractivity contribution in [1.82, 2.24) is 0 Å². The van der Waals surface area contributed by atoms with Gasteiger partial charge in [0.2, 0.25) is 0 Å². The van der Waals surface area contributed by atoms with E-state index in [0.717, 1.165) is 0 Å². The van der Waals surface area contributed by atoms with Gasteiger partial charge in [-0.3, -0.25) is 0 Å². The maximum atomic E-state index is 6.10. The largest absolute Gasteiger partial charge is 0.382 e. The lowest BCUT2D eigenvalue weighted by molar-refractivity contribution is -0.319. The highest BCUT2D eigenvalue weighted by atomic mass is 16.7. The Morgan fingerprint density at radius 1 is 0.645 bits per heavy atom. The summed E-state index contributed by atoms with van der Waals surface area (Å²) in [5, 5.41) is 0. The summed E-state index contributed by atoms with van der Waals surface area (Å²) in [5.74, 6) is 0. The molecule has 1 heterocycles. The summed E-state index contributed by atoms with van der Waals surface area (Å²) in [7, 11) is 14.0. The number of hydrogen-bond donors (Lipinski definition) is 0. The first-order valence-corrected chi connectivity index (χ1v) is 9.99. The van der Waals surface area contributed by atoms with Crippen LogP contribution in [0.1, 0.15) is 0 Å². The van der Waals surface area contributed by atoms with Gasteiger partial charge in [0.15, 0.2) is 12.6 Å². The minimum Gasteiger partial charge on any atom is -0.382 e. The molecule has 1 aliphatic rings. The van der Waals surface area contributed by atoms with Crippen LogP contribution in [0.3, 0.4) is 0 Å². The monoisotopic (exact) mass is 456 g/mol. The summed E-state index contributed by atoms with van der Waals surface area (Å²) in [6.45, 7) is 0.422. The molecule has 0 aromatic rings. The highest BCUT2D eigenvalue weighted by molar-refractivity contribution is 4.92. The number of ether oxygens (including phenoxy) is 11. The third-order valence-corrected chi connectivity index (χ3v) is 5.43. The van der Waals surface area contributed by atoms with Crippen LogP contribution in [0.25, 0.3) is 0 Å². The maximum absolute atomic E-state index is 6.10. The Kier molecular flexibility index (Phi) is 14.2. The molecule has 8 atom stereocenters. The van der Waals surface area contributed by atoms with Crippen molar-refractivity contribution in [2.45, 2.75) is 55.3 Å². The SMILES string of the molecule is COC[C@H]1O[C@H](OC[C@@H](OC)[C@@H](OC)[C@H](OC)C(OC)OC)[C@H](OC)[C@@H](OC)[C@@H]1OC. The second kappa shape index (κ2) is 15.4. The van der Waals surface area contributed by atoms with Gasteiger partial charge in [0, 0.05) is 64.0 Å².